The van der Waals surface area contributed by atoms with Gasteiger partial charge in [-0.1, -0.05) is 6.07 Å². The van der Waals surface area contributed by atoms with Crippen molar-refractivity contribution >= 4 is 37.7 Å². The van der Waals surface area contributed by atoms with Crippen molar-refractivity contribution in [2.45, 2.75) is 24.0 Å². The summed E-state index contributed by atoms with van der Waals surface area (Å²) in [5, 5.41) is 9.00. The summed E-state index contributed by atoms with van der Waals surface area (Å²) in [5.41, 5.74) is 0.678. The minimum Gasteiger partial charge on any atom is -0.392 e. The number of sulfonamides is 1. The van der Waals surface area contributed by atoms with Crippen LogP contribution in [0.3, 0.4) is 0 Å². The number of nitrogens with one attached hydrogen (secondary N) is 1. The van der Waals surface area contributed by atoms with Gasteiger partial charge in [-0.2, -0.15) is 11.8 Å². The number of hydrogen-bond donors (Lipinski definition) is 2. The van der Waals surface area contributed by atoms with Crippen molar-refractivity contribution in [3.05, 3.63) is 28.2 Å². The van der Waals surface area contributed by atoms with E-state index in [1.54, 1.807) is 23.9 Å². The maximum absolute atomic E-state index is 12.2. The second-order valence-corrected chi connectivity index (χ2v) is 7.79. The maximum Gasteiger partial charge on any atom is 0.241 e. The van der Waals surface area contributed by atoms with Crippen LogP contribution >= 0.6 is 27.7 Å². The summed E-state index contributed by atoms with van der Waals surface area (Å²) in [6.07, 6.45) is 0.871. The Morgan fingerprint density at radius 1 is 1.50 bits per heavy atom. The van der Waals surface area contributed by atoms with E-state index in [-0.39, 0.29) is 17.5 Å². The molecule has 2 N–H and O–H groups in total. The van der Waals surface area contributed by atoms with Crippen LogP contribution in [0.5, 0.6) is 0 Å². The number of halogens is 1. The molecular formula is C11H14BrNO3S2. The Balaban J connectivity index is 2.23. The Kier molecular flexibility index (Phi) is 4.71. The van der Waals surface area contributed by atoms with E-state index >= 15 is 0 Å². The van der Waals surface area contributed by atoms with Gasteiger partial charge in [0.15, 0.2) is 0 Å². The molecule has 18 heavy (non-hydrogen) atoms. The van der Waals surface area contributed by atoms with Crippen LogP contribution in [-0.2, 0) is 16.6 Å². The van der Waals surface area contributed by atoms with Gasteiger partial charge in [0, 0.05) is 16.3 Å². The highest BCUT2D eigenvalue weighted by Gasteiger charge is 2.24. The zero-order valence-electron chi connectivity index (χ0n) is 9.60. The zero-order valence-corrected chi connectivity index (χ0v) is 12.8. The van der Waals surface area contributed by atoms with Crippen molar-refractivity contribution in [3.8, 4) is 0 Å². The third-order valence-electron chi connectivity index (χ3n) is 2.72. The smallest absolute Gasteiger partial charge is 0.241 e. The van der Waals surface area contributed by atoms with Crippen LogP contribution in [0.25, 0.3) is 0 Å². The van der Waals surface area contributed by atoms with Gasteiger partial charge in [0.05, 0.1) is 11.5 Å². The quantitative estimate of drug-likeness (QED) is 0.866. The molecule has 1 aliphatic heterocycles. The number of aliphatic hydroxyl groups is 1. The molecule has 1 aromatic carbocycles. The molecule has 7 heteroatoms. The molecule has 1 saturated heterocycles. The van der Waals surface area contributed by atoms with E-state index in [0.29, 0.717) is 10.0 Å². The molecule has 0 aliphatic carbocycles. The van der Waals surface area contributed by atoms with Crippen molar-refractivity contribution in [1.29, 1.82) is 0 Å². The van der Waals surface area contributed by atoms with Gasteiger partial charge >= 0.3 is 0 Å². The van der Waals surface area contributed by atoms with Crippen LogP contribution in [0, 0.1) is 0 Å². The highest BCUT2D eigenvalue weighted by atomic mass is 79.9. The largest absolute Gasteiger partial charge is 0.392 e. The third kappa shape index (κ3) is 3.27. The molecule has 4 nitrogen and oxygen atoms in total. The standard InChI is InChI=1S/C11H14BrNO3S2/c12-10-5-8(6-14)1-2-11(10)18(15,16)13-9-3-4-17-7-9/h1-2,5,9,13-14H,3-4,6-7H2. The number of aliphatic hydroxyl groups excluding tert-OH is 1. The highest BCUT2D eigenvalue weighted by molar-refractivity contribution is 9.10. The molecule has 0 spiro atoms. The molecule has 1 unspecified atom stereocenters. The molecule has 0 aromatic heterocycles. The summed E-state index contributed by atoms with van der Waals surface area (Å²) in [6, 6.07) is 4.77. The second kappa shape index (κ2) is 5.92. The van der Waals surface area contributed by atoms with E-state index in [0.717, 1.165) is 17.9 Å². The minimum absolute atomic E-state index is 0.0180. The number of benzene rings is 1. The van der Waals surface area contributed by atoms with E-state index in [9.17, 15) is 8.42 Å². The molecule has 1 heterocycles. The minimum atomic E-state index is -3.49. The van der Waals surface area contributed by atoms with Crippen molar-refractivity contribution in [2.24, 2.45) is 0 Å². The molecule has 0 saturated carbocycles. The summed E-state index contributed by atoms with van der Waals surface area (Å²) in [7, 11) is -3.49. The van der Waals surface area contributed by atoms with Crippen LogP contribution in [-0.4, -0.2) is 31.1 Å². The molecule has 1 atom stereocenters. The Bertz CT molecular complexity index is 527. The lowest BCUT2D eigenvalue weighted by Gasteiger charge is -2.13. The average Bonchev–Trinajstić information content (AvgIpc) is 2.80. The molecule has 0 radical (unpaired) electrons. The van der Waals surface area contributed by atoms with Crippen molar-refractivity contribution in [3.63, 3.8) is 0 Å². The normalized spacial score (nSPS) is 20.2. The van der Waals surface area contributed by atoms with E-state index in [2.05, 4.69) is 20.7 Å². The van der Waals surface area contributed by atoms with Crippen molar-refractivity contribution in [1.82, 2.24) is 4.72 Å². The average molecular weight is 352 g/mol. The predicted octanol–water partition coefficient (Wildman–Crippen LogP) is 1.73. The van der Waals surface area contributed by atoms with Gasteiger partial charge in [-0.05, 0) is 45.8 Å². The fourth-order valence-corrected chi connectivity index (χ4v) is 5.42. The SMILES string of the molecule is O=S(=O)(NC1CCSC1)c1ccc(CO)cc1Br. The zero-order chi connectivity index (χ0) is 13.2. The van der Waals surface area contributed by atoms with Gasteiger partial charge in [-0.25, -0.2) is 13.1 Å². The fraction of sp³-hybridized carbons (Fsp3) is 0.455. The fourth-order valence-electron chi connectivity index (χ4n) is 1.77. The second-order valence-electron chi connectivity index (χ2n) is 4.10. The molecule has 0 bridgehead atoms. The Morgan fingerprint density at radius 3 is 2.83 bits per heavy atom. The van der Waals surface area contributed by atoms with Gasteiger partial charge in [-0.15, -0.1) is 0 Å². The van der Waals surface area contributed by atoms with Gasteiger partial charge < -0.3 is 5.11 Å². The molecule has 1 fully saturated rings. The highest BCUT2D eigenvalue weighted by Crippen LogP contribution is 2.25. The molecule has 2 rings (SSSR count). The third-order valence-corrected chi connectivity index (χ3v) is 6.38. The van der Waals surface area contributed by atoms with E-state index in [4.69, 9.17) is 5.11 Å². The summed E-state index contributed by atoms with van der Waals surface area (Å²) < 4.78 is 27.6. The molecule has 1 aliphatic rings. The first-order valence-corrected chi connectivity index (χ1v) is 8.95. The summed E-state index contributed by atoms with van der Waals surface area (Å²) in [6.45, 7) is -0.106. The maximum atomic E-state index is 12.2. The van der Waals surface area contributed by atoms with Crippen LogP contribution < -0.4 is 4.72 Å². The van der Waals surface area contributed by atoms with Gasteiger partial charge in [0.25, 0.3) is 0 Å². The molecule has 1 aromatic rings. The van der Waals surface area contributed by atoms with Crippen LogP contribution in [0.1, 0.15) is 12.0 Å². The number of rotatable bonds is 4. The van der Waals surface area contributed by atoms with Crippen molar-refractivity contribution < 1.29 is 13.5 Å². The van der Waals surface area contributed by atoms with E-state index in [1.807, 2.05) is 0 Å². The topological polar surface area (TPSA) is 66.4 Å². The first-order valence-electron chi connectivity index (χ1n) is 5.52. The Hall–Kier alpha value is -0.0800. The monoisotopic (exact) mass is 351 g/mol. The Labute approximate surface area is 119 Å². The van der Waals surface area contributed by atoms with Gasteiger partial charge in [0.1, 0.15) is 0 Å². The number of thioether (sulfide) groups is 1. The van der Waals surface area contributed by atoms with E-state index < -0.39 is 10.0 Å². The van der Waals surface area contributed by atoms with Crippen LogP contribution in [0.15, 0.2) is 27.6 Å². The summed E-state index contributed by atoms with van der Waals surface area (Å²) in [5.74, 6) is 1.82. The first kappa shape index (κ1) is 14.3. The van der Waals surface area contributed by atoms with Crippen LogP contribution in [0.4, 0.5) is 0 Å². The first-order chi connectivity index (χ1) is 8.53. The Morgan fingerprint density at radius 2 is 2.28 bits per heavy atom. The lowest BCUT2D eigenvalue weighted by molar-refractivity contribution is 0.281. The number of hydrogen-bond acceptors (Lipinski definition) is 4. The lowest BCUT2D eigenvalue weighted by Crippen LogP contribution is -2.34. The van der Waals surface area contributed by atoms with Gasteiger partial charge in [-0.3, -0.25) is 0 Å². The summed E-state index contributed by atoms with van der Waals surface area (Å²) >= 11 is 4.99. The molecule has 100 valence electrons. The van der Waals surface area contributed by atoms with Crippen LogP contribution in [0.2, 0.25) is 0 Å². The van der Waals surface area contributed by atoms with E-state index in [1.165, 1.54) is 6.07 Å². The molecular weight excluding hydrogens is 338 g/mol. The predicted molar refractivity (Wildman–Crippen MR) is 76.1 cm³/mol. The van der Waals surface area contributed by atoms with Crippen molar-refractivity contribution in [2.75, 3.05) is 11.5 Å². The lowest BCUT2D eigenvalue weighted by atomic mass is 10.2. The van der Waals surface area contributed by atoms with Gasteiger partial charge in [0.2, 0.25) is 10.0 Å². The molecule has 0 amide bonds. The summed E-state index contributed by atoms with van der Waals surface area (Å²) in [4.78, 5) is 0.219.